The third kappa shape index (κ3) is 6.77. The second kappa shape index (κ2) is 14.1. The Labute approximate surface area is 274 Å². The zero-order chi connectivity index (χ0) is 31.5. The number of para-hydroxylation sites is 2. The number of non-ortho nitro benzene ring substituents is 1. The minimum atomic E-state index is -1.11. The number of ether oxygens (including phenoxy) is 1. The average Bonchev–Trinajstić information content (AvgIpc) is 3.14. The van der Waals surface area contributed by atoms with Crippen LogP contribution in [0.3, 0.4) is 0 Å². The Bertz CT molecular complexity index is 1770. The zero-order valence-corrected chi connectivity index (χ0v) is 27.1. The molecule has 0 bridgehead atoms. The molecule has 11 nitrogen and oxygen atoms in total. The van der Waals surface area contributed by atoms with Gasteiger partial charge in [0.1, 0.15) is 11.8 Å². The first-order valence-corrected chi connectivity index (χ1v) is 14.6. The summed E-state index contributed by atoms with van der Waals surface area (Å²) in [4.78, 5) is 55.1. The molecule has 4 aromatic rings. The van der Waals surface area contributed by atoms with Gasteiger partial charge < -0.3 is 25.2 Å². The number of carbonyl (C=O) groups is 3. The first-order chi connectivity index (χ1) is 21.1. The number of carbonyl (C=O) groups excluding carboxylic acids is 3. The van der Waals surface area contributed by atoms with Crippen LogP contribution >= 0.6 is 28.3 Å². The molecule has 2 N–H and O–H groups in total. The van der Waals surface area contributed by atoms with Crippen LogP contribution < -0.4 is 25.2 Å². The number of amides is 3. The molecule has 0 fully saturated rings. The Hall–Kier alpha value is -4.52. The maximum absolute atomic E-state index is 14.4. The predicted molar refractivity (Wildman–Crippen MR) is 178 cm³/mol. The van der Waals surface area contributed by atoms with Crippen molar-refractivity contribution in [1.82, 2.24) is 10.6 Å². The van der Waals surface area contributed by atoms with Gasteiger partial charge in [0.05, 0.1) is 42.5 Å². The Morgan fingerprint density at radius 3 is 2.40 bits per heavy atom. The molecule has 234 valence electrons. The third-order valence-corrected chi connectivity index (χ3v) is 8.19. The van der Waals surface area contributed by atoms with Crippen molar-refractivity contribution in [3.63, 3.8) is 0 Å². The summed E-state index contributed by atoms with van der Waals surface area (Å²) in [5.41, 5.74) is 1.71. The Kier molecular flexibility index (Phi) is 10.4. The monoisotopic (exact) mass is 695 g/mol. The van der Waals surface area contributed by atoms with E-state index in [1.54, 1.807) is 50.2 Å². The number of benzene rings is 4. The van der Waals surface area contributed by atoms with Gasteiger partial charge in [-0.2, -0.15) is 0 Å². The van der Waals surface area contributed by atoms with E-state index < -0.39 is 34.7 Å². The molecular formula is C32H31BrClN5O6. The van der Waals surface area contributed by atoms with Crippen LogP contribution in [-0.4, -0.2) is 55.4 Å². The average molecular weight is 697 g/mol. The first kappa shape index (κ1) is 33.4. The largest absolute Gasteiger partial charge is 0.496 e. The molecule has 2 atom stereocenters. The number of hydrogen-bond donors (Lipinski definition) is 2. The highest BCUT2D eigenvalue weighted by molar-refractivity contribution is 9.10. The number of likely N-dealkylation sites (N-methyl/N-ethyl adjacent to an activating group) is 1. The molecule has 1 aliphatic rings. The number of halogens is 2. The Balaban J connectivity index is 0.00000461. The van der Waals surface area contributed by atoms with Crippen molar-refractivity contribution in [3.05, 3.63) is 105 Å². The highest BCUT2D eigenvalue weighted by atomic mass is 79.9. The summed E-state index contributed by atoms with van der Waals surface area (Å²) in [6.45, 7) is 1.59. The fraction of sp³-hybridized carbons (Fsp3) is 0.219. The molecule has 2 unspecified atom stereocenters. The molecule has 3 amide bonds. The Morgan fingerprint density at radius 2 is 1.76 bits per heavy atom. The van der Waals surface area contributed by atoms with Gasteiger partial charge in [0, 0.05) is 27.7 Å². The van der Waals surface area contributed by atoms with Crippen molar-refractivity contribution in [2.45, 2.75) is 25.6 Å². The molecule has 0 saturated carbocycles. The summed E-state index contributed by atoms with van der Waals surface area (Å²) in [6, 6.07) is 20.2. The van der Waals surface area contributed by atoms with E-state index in [0.717, 1.165) is 20.8 Å². The first-order valence-electron chi connectivity index (χ1n) is 13.8. The minimum absolute atomic E-state index is 0. The normalized spacial score (nSPS) is 15.0. The third-order valence-electron chi connectivity index (χ3n) is 7.69. The van der Waals surface area contributed by atoms with Gasteiger partial charge in [0.25, 0.3) is 17.5 Å². The highest BCUT2D eigenvalue weighted by Crippen LogP contribution is 2.38. The van der Waals surface area contributed by atoms with E-state index in [9.17, 15) is 24.5 Å². The molecule has 0 saturated heterocycles. The molecule has 1 aliphatic heterocycles. The Morgan fingerprint density at radius 1 is 1.07 bits per heavy atom. The van der Waals surface area contributed by atoms with Crippen LogP contribution in [0.15, 0.2) is 83.3 Å². The molecule has 4 aromatic carbocycles. The van der Waals surface area contributed by atoms with Crippen LogP contribution in [0, 0.1) is 10.1 Å². The number of nitrogens with one attached hydrogen (secondary N) is 2. The van der Waals surface area contributed by atoms with Crippen LogP contribution in [0.1, 0.15) is 22.8 Å². The minimum Gasteiger partial charge on any atom is -0.496 e. The van der Waals surface area contributed by atoms with Crippen molar-refractivity contribution < 1.29 is 24.0 Å². The van der Waals surface area contributed by atoms with Crippen LogP contribution in [0.2, 0.25) is 0 Å². The van der Waals surface area contributed by atoms with Gasteiger partial charge in [-0.3, -0.25) is 24.5 Å². The lowest BCUT2D eigenvalue weighted by Gasteiger charge is -2.27. The van der Waals surface area contributed by atoms with Crippen molar-refractivity contribution in [2.24, 2.45) is 0 Å². The number of nitro benzene ring substituents is 1. The smallest absolute Gasteiger partial charge is 0.269 e. The zero-order valence-electron chi connectivity index (χ0n) is 24.7. The lowest BCUT2D eigenvalue weighted by Crippen LogP contribution is -2.55. The van der Waals surface area contributed by atoms with Crippen molar-refractivity contribution in [1.29, 1.82) is 0 Å². The van der Waals surface area contributed by atoms with Crippen molar-refractivity contribution in [3.8, 4) is 5.75 Å². The molecule has 1 heterocycles. The molecule has 45 heavy (non-hydrogen) atoms. The number of nitrogens with zero attached hydrogens (tertiary/aromatic N) is 3. The summed E-state index contributed by atoms with van der Waals surface area (Å²) in [7, 11) is 3.20. The number of rotatable bonds is 8. The van der Waals surface area contributed by atoms with E-state index >= 15 is 0 Å². The van der Waals surface area contributed by atoms with Gasteiger partial charge in [-0.05, 0) is 67.2 Å². The quantitative estimate of drug-likeness (QED) is 0.191. The van der Waals surface area contributed by atoms with Crippen molar-refractivity contribution in [2.75, 3.05) is 30.5 Å². The van der Waals surface area contributed by atoms with Gasteiger partial charge in [-0.1, -0.05) is 40.2 Å². The summed E-state index contributed by atoms with van der Waals surface area (Å²) < 4.78 is 6.62. The lowest BCUT2D eigenvalue weighted by molar-refractivity contribution is -0.384. The second-order valence-corrected chi connectivity index (χ2v) is 11.2. The predicted octanol–water partition coefficient (Wildman–Crippen LogP) is 5.23. The van der Waals surface area contributed by atoms with Crippen LogP contribution in [0.25, 0.3) is 10.8 Å². The molecular weight excluding hydrogens is 666 g/mol. The van der Waals surface area contributed by atoms with Crippen LogP contribution in [-0.2, 0) is 16.1 Å². The van der Waals surface area contributed by atoms with Gasteiger partial charge in [0.2, 0.25) is 5.91 Å². The standard InChI is InChI=1S/C32H30BrN5O6.ClH/c1-19(34-2)30(39)35-26-18-37(31(40)20-8-12-23(13-9-20)38(42)43)28-7-5-4-6-27(28)36(32(26)41)17-25-24-14-11-22(33)16-21(24)10-15-29(25)44-3;/h4-16,19,26,34H,17-18H2,1-3H3,(H,35,39);1H. The van der Waals surface area contributed by atoms with E-state index in [-0.39, 0.29) is 36.7 Å². The number of anilines is 2. The summed E-state index contributed by atoms with van der Waals surface area (Å²) >= 11 is 3.52. The van der Waals surface area contributed by atoms with E-state index in [2.05, 4.69) is 26.6 Å². The second-order valence-electron chi connectivity index (χ2n) is 10.3. The fourth-order valence-electron chi connectivity index (χ4n) is 5.22. The summed E-state index contributed by atoms with van der Waals surface area (Å²) in [5, 5.41) is 18.7. The molecule has 13 heteroatoms. The molecule has 0 aromatic heterocycles. The molecule has 5 rings (SSSR count). The molecule has 0 spiro atoms. The number of fused-ring (bicyclic) bond motifs is 2. The van der Waals surface area contributed by atoms with Gasteiger partial charge in [-0.15, -0.1) is 12.4 Å². The molecule has 0 radical (unpaired) electrons. The van der Waals surface area contributed by atoms with Gasteiger partial charge >= 0.3 is 0 Å². The lowest BCUT2D eigenvalue weighted by atomic mass is 10.0. The number of methoxy groups -OCH3 is 1. The van der Waals surface area contributed by atoms with E-state index in [0.29, 0.717) is 17.1 Å². The fourth-order valence-corrected chi connectivity index (χ4v) is 5.59. The molecule has 0 aliphatic carbocycles. The summed E-state index contributed by atoms with van der Waals surface area (Å²) in [6.07, 6.45) is 0. The van der Waals surface area contributed by atoms with E-state index in [1.165, 1.54) is 29.2 Å². The van der Waals surface area contributed by atoms with Crippen LogP contribution in [0.5, 0.6) is 5.75 Å². The van der Waals surface area contributed by atoms with Crippen LogP contribution in [0.4, 0.5) is 17.1 Å². The van der Waals surface area contributed by atoms with E-state index in [1.807, 2.05) is 30.3 Å². The summed E-state index contributed by atoms with van der Waals surface area (Å²) in [5.74, 6) is -0.718. The SMILES string of the molecule is CNC(C)C(=O)NC1CN(C(=O)c2ccc([N+](=O)[O-])cc2)c2ccccc2N(Cc2c(OC)ccc3cc(Br)ccc23)C1=O.Cl. The van der Waals surface area contributed by atoms with E-state index in [4.69, 9.17) is 4.74 Å². The maximum atomic E-state index is 14.4. The number of hydrogen-bond acceptors (Lipinski definition) is 7. The van der Waals surface area contributed by atoms with Crippen molar-refractivity contribution >= 4 is 73.9 Å². The maximum Gasteiger partial charge on any atom is 0.269 e. The van der Waals surface area contributed by atoms with Gasteiger partial charge in [0.15, 0.2) is 0 Å². The number of nitro groups is 1. The highest BCUT2D eigenvalue weighted by Gasteiger charge is 2.38. The van der Waals surface area contributed by atoms with Gasteiger partial charge in [-0.25, -0.2) is 0 Å². The topological polar surface area (TPSA) is 134 Å².